The summed E-state index contributed by atoms with van der Waals surface area (Å²) < 4.78 is 13.8. The molecule has 122 valence electrons. The molecule has 7 nitrogen and oxygen atoms in total. The first-order valence-corrected chi connectivity index (χ1v) is 7.68. The van der Waals surface area contributed by atoms with Crippen LogP contribution in [0.2, 0.25) is 0 Å². The van der Waals surface area contributed by atoms with Gasteiger partial charge in [0.05, 0.1) is 11.0 Å². The first-order valence-electron chi connectivity index (χ1n) is 7.68. The fraction of sp³-hybridized carbons (Fsp3) is 0.235. The van der Waals surface area contributed by atoms with Gasteiger partial charge in [-0.2, -0.15) is 0 Å². The van der Waals surface area contributed by atoms with Gasteiger partial charge >= 0.3 is 0 Å². The fourth-order valence-corrected chi connectivity index (χ4v) is 3.01. The second-order valence-corrected chi connectivity index (χ2v) is 5.46. The summed E-state index contributed by atoms with van der Waals surface area (Å²) in [6, 6.07) is 9.52. The number of methoxy groups -OCH3 is 1. The quantitative estimate of drug-likeness (QED) is 0.576. The average Bonchev–Trinajstić information content (AvgIpc) is 3.22. The molecule has 24 heavy (non-hydrogen) atoms. The molecule has 0 bridgehead atoms. The number of nitrogens with zero attached hydrogens (tertiary/aromatic N) is 4. The molecule has 4 rings (SSSR count). The highest BCUT2D eigenvalue weighted by atomic mass is 16.5. The van der Waals surface area contributed by atoms with E-state index in [1.54, 1.807) is 24.1 Å². The fourth-order valence-electron chi connectivity index (χ4n) is 3.01. The molecule has 0 amide bonds. The second kappa shape index (κ2) is 5.61. The molecule has 3 heterocycles. The summed E-state index contributed by atoms with van der Waals surface area (Å²) in [5.41, 5.74) is 3.24. The van der Waals surface area contributed by atoms with E-state index >= 15 is 0 Å². The molecule has 4 aromatic rings. The van der Waals surface area contributed by atoms with Crippen LogP contribution in [0, 0.1) is 0 Å². The maximum absolute atomic E-state index is 13.0. The molecular weight excluding hydrogens is 308 g/mol. The van der Waals surface area contributed by atoms with Crippen LogP contribution in [0.5, 0.6) is 0 Å². The van der Waals surface area contributed by atoms with Gasteiger partial charge in [-0.15, -0.1) is 0 Å². The summed E-state index contributed by atoms with van der Waals surface area (Å²) in [7, 11) is 1.58. The summed E-state index contributed by atoms with van der Waals surface area (Å²) in [5, 5.41) is 4.03. The van der Waals surface area contributed by atoms with Gasteiger partial charge in [0.25, 0.3) is 5.56 Å². The smallest absolute Gasteiger partial charge is 0.277 e. The van der Waals surface area contributed by atoms with E-state index in [1.165, 1.54) is 0 Å². The molecule has 0 saturated carbocycles. The third-order valence-electron chi connectivity index (χ3n) is 4.05. The molecule has 3 aromatic heterocycles. The van der Waals surface area contributed by atoms with Crippen molar-refractivity contribution in [2.75, 3.05) is 7.11 Å². The van der Waals surface area contributed by atoms with Gasteiger partial charge in [0.2, 0.25) is 0 Å². The predicted molar refractivity (Wildman–Crippen MR) is 88.8 cm³/mol. The Kier molecular flexibility index (Phi) is 3.42. The number of hydrogen-bond acceptors (Lipinski definition) is 5. The molecule has 0 spiro atoms. The van der Waals surface area contributed by atoms with E-state index in [4.69, 9.17) is 9.26 Å². The third-order valence-corrected chi connectivity index (χ3v) is 4.05. The van der Waals surface area contributed by atoms with Gasteiger partial charge in [-0.25, -0.2) is 4.98 Å². The minimum Gasteiger partial charge on any atom is -0.377 e. The van der Waals surface area contributed by atoms with Crippen LogP contribution in [-0.2, 0) is 17.9 Å². The number of benzene rings is 1. The number of aryl methyl sites for hydroxylation is 1. The Hall–Kier alpha value is -2.93. The second-order valence-electron chi connectivity index (χ2n) is 5.46. The zero-order chi connectivity index (χ0) is 16.7. The lowest BCUT2D eigenvalue weighted by molar-refractivity contribution is 0.156. The zero-order valence-electron chi connectivity index (χ0n) is 13.4. The summed E-state index contributed by atoms with van der Waals surface area (Å²) in [6.45, 7) is 2.85. The topological polar surface area (TPSA) is 74.6 Å². The van der Waals surface area contributed by atoms with E-state index in [2.05, 4.69) is 10.1 Å². The monoisotopic (exact) mass is 324 g/mol. The first kappa shape index (κ1) is 14.6. The Labute approximate surface area is 137 Å². The molecule has 0 unspecified atom stereocenters. The number of hydrogen-bond donors (Lipinski definition) is 0. The molecule has 0 atom stereocenters. The summed E-state index contributed by atoms with van der Waals surface area (Å²) >= 11 is 0. The number of para-hydroxylation sites is 2. The molecule has 0 fully saturated rings. The maximum Gasteiger partial charge on any atom is 0.277 e. The van der Waals surface area contributed by atoms with Crippen LogP contribution in [0.4, 0.5) is 0 Å². The number of aromatic nitrogens is 4. The highest BCUT2D eigenvalue weighted by molar-refractivity contribution is 5.84. The van der Waals surface area contributed by atoms with Gasteiger partial charge in [0, 0.05) is 19.7 Å². The van der Waals surface area contributed by atoms with Crippen LogP contribution < -0.4 is 5.56 Å². The van der Waals surface area contributed by atoms with Crippen molar-refractivity contribution in [3.63, 3.8) is 0 Å². The van der Waals surface area contributed by atoms with Gasteiger partial charge in [-0.05, 0) is 19.1 Å². The maximum atomic E-state index is 13.0. The molecule has 0 radical (unpaired) electrons. The van der Waals surface area contributed by atoms with Gasteiger partial charge < -0.3 is 13.8 Å². The van der Waals surface area contributed by atoms with Crippen molar-refractivity contribution in [2.24, 2.45) is 0 Å². The predicted octanol–water partition coefficient (Wildman–Crippen LogP) is 2.47. The lowest BCUT2D eigenvalue weighted by atomic mass is 10.2. The van der Waals surface area contributed by atoms with Gasteiger partial charge in [-0.1, -0.05) is 17.3 Å². The largest absolute Gasteiger partial charge is 0.377 e. The SMILES string of the molecule is CCn1c(=O)c2c(-c3cc(COC)on3)ncn2c2ccccc21. The number of ether oxygens (including phenoxy) is 1. The van der Waals surface area contributed by atoms with Gasteiger partial charge in [0.15, 0.2) is 5.76 Å². The van der Waals surface area contributed by atoms with Crippen molar-refractivity contribution >= 4 is 16.6 Å². The molecule has 0 saturated heterocycles. The lowest BCUT2D eigenvalue weighted by Gasteiger charge is -2.10. The van der Waals surface area contributed by atoms with E-state index < -0.39 is 0 Å². The van der Waals surface area contributed by atoms with Crippen molar-refractivity contribution in [1.82, 2.24) is 19.1 Å². The van der Waals surface area contributed by atoms with Gasteiger partial charge in [-0.3, -0.25) is 9.20 Å². The normalized spacial score (nSPS) is 11.6. The molecule has 0 aliphatic carbocycles. The van der Waals surface area contributed by atoms with Crippen molar-refractivity contribution in [2.45, 2.75) is 20.1 Å². The number of rotatable bonds is 4. The summed E-state index contributed by atoms with van der Waals surface area (Å²) in [4.78, 5) is 17.4. The third kappa shape index (κ3) is 2.05. The minimum absolute atomic E-state index is 0.0972. The molecule has 0 aliphatic rings. The summed E-state index contributed by atoms with van der Waals surface area (Å²) in [6.07, 6.45) is 1.65. The van der Waals surface area contributed by atoms with E-state index in [0.717, 1.165) is 11.0 Å². The van der Waals surface area contributed by atoms with Crippen LogP contribution in [0.3, 0.4) is 0 Å². The van der Waals surface area contributed by atoms with Crippen LogP contribution in [0.15, 0.2) is 46.0 Å². The zero-order valence-corrected chi connectivity index (χ0v) is 13.4. The molecular formula is C17H16N4O3. The van der Waals surface area contributed by atoms with E-state index in [1.807, 2.05) is 35.6 Å². The lowest BCUT2D eigenvalue weighted by Crippen LogP contribution is -2.22. The minimum atomic E-state index is -0.0972. The highest BCUT2D eigenvalue weighted by Gasteiger charge is 2.18. The molecule has 0 aliphatic heterocycles. The van der Waals surface area contributed by atoms with Crippen molar-refractivity contribution in [3.8, 4) is 11.4 Å². The van der Waals surface area contributed by atoms with Crippen molar-refractivity contribution < 1.29 is 9.26 Å². The van der Waals surface area contributed by atoms with E-state index in [-0.39, 0.29) is 5.56 Å². The Morgan fingerprint density at radius 2 is 2.04 bits per heavy atom. The molecule has 0 N–H and O–H groups in total. The Morgan fingerprint density at radius 3 is 2.79 bits per heavy atom. The van der Waals surface area contributed by atoms with Crippen LogP contribution in [0.25, 0.3) is 27.9 Å². The van der Waals surface area contributed by atoms with E-state index in [9.17, 15) is 4.79 Å². The van der Waals surface area contributed by atoms with Crippen molar-refractivity contribution in [1.29, 1.82) is 0 Å². The molecule has 7 heteroatoms. The Morgan fingerprint density at radius 1 is 1.25 bits per heavy atom. The Balaban J connectivity index is 2.05. The van der Waals surface area contributed by atoms with Gasteiger partial charge in [0.1, 0.15) is 29.8 Å². The number of imidazole rings is 1. The highest BCUT2D eigenvalue weighted by Crippen LogP contribution is 2.24. The number of fused-ring (bicyclic) bond motifs is 3. The van der Waals surface area contributed by atoms with Crippen LogP contribution in [-0.4, -0.2) is 26.2 Å². The average molecular weight is 324 g/mol. The van der Waals surface area contributed by atoms with Crippen LogP contribution in [0.1, 0.15) is 12.7 Å². The van der Waals surface area contributed by atoms with E-state index in [0.29, 0.717) is 35.8 Å². The van der Waals surface area contributed by atoms with Crippen molar-refractivity contribution in [3.05, 3.63) is 52.8 Å². The Bertz CT molecular complexity index is 1090. The summed E-state index contributed by atoms with van der Waals surface area (Å²) in [5.74, 6) is 0.588. The first-order chi connectivity index (χ1) is 11.7. The molecule has 1 aromatic carbocycles. The van der Waals surface area contributed by atoms with Crippen LogP contribution >= 0.6 is 0 Å². The standard InChI is InChI=1S/C17H16N4O3/c1-3-20-13-6-4-5-7-14(13)21-10-18-15(16(21)17(20)22)12-8-11(9-23-2)24-19-12/h4-8,10H,3,9H2,1-2H3.